The van der Waals surface area contributed by atoms with Crippen LogP contribution in [0.3, 0.4) is 0 Å². The molecule has 0 saturated carbocycles. The fourth-order valence-electron chi connectivity index (χ4n) is 3.40. The van der Waals surface area contributed by atoms with Crippen LogP contribution in [0.1, 0.15) is 21.5 Å². The van der Waals surface area contributed by atoms with E-state index < -0.39 is 0 Å². The van der Waals surface area contributed by atoms with Gasteiger partial charge in [0.1, 0.15) is 5.82 Å². The number of nitrogens with zero attached hydrogens (tertiary/aromatic N) is 5. The third kappa shape index (κ3) is 4.18. The average Bonchev–Trinajstić information content (AvgIpc) is 2.77. The van der Waals surface area contributed by atoms with E-state index in [0.29, 0.717) is 43.5 Å². The third-order valence-corrected chi connectivity index (χ3v) is 5.28. The Morgan fingerprint density at radius 1 is 0.931 bits per heavy atom. The number of rotatable bonds is 4. The molecule has 1 N–H and O–H groups in total. The molecule has 1 fully saturated rings. The maximum absolute atomic E-state index is 13.0. The fourth-order valence-corrected chi connectivity index (χ4v) is 3.40. The van der Waals surface area contributed by atoms with Gasteiger partial charge in [-0.3, -0.25) is 4.79 Å². The van der Waals surface area contributed by atoms with Crippen molar-refractivity contribution in [1.29, 1.82) is 0 Å². The molecule has 0 unspecified atom stereocenters. The Balaban J connectivity index is 1.43. The number of aryl methyl sites for hydroxylation is 1. The number of carbonyl (C=O) groups excluding carboxylic acids is 1. The Bertz CT molecular complexity index is 999. The number of nitrogens with one attached hydrogen (secondary N) is 1. The van der Waals surface area contributed by atoms with E-state index >= 15 is 0 Å². The average molecular weight is 388 g/mol. The van der Waals surface area contributed by atoms with Crippen molar-refractivity contribution >= 4 is 23.4 Å². The molecular formula is C22H24N6O. The van der Waals surface area contributed by atoms with E-state index in [9.17, 15) is 4.79 Å². The number of hydrogen-bond acceptors (Lipinski definition) is 6. The van der Waals surface area contributed by atoms with Crippen molar-refractivity contribution in [2.75, 3.05) is 36.4 Å². The van der Waals surface area contributed by atoms with Gasteiger partial charge in [-0.2, -0.15) is 0 Å². The second-order valence-corrected chi connectivity index (χ2v) is 7.13. The molecule has 1 aliphatic heterocycles. The van der Waals surface area contributed by atoms with Crippen molar-refractivity contribution in [2.45, 2.75) is 13.8 Å². The quantitative estimate of drug-likeness (QED) is 0.740. The van der Waals surface area contributed by atoms with Crippen LogP contribution in [0.5, 0.6) is 0 Å². The molecule has 0 bridgehead atoms. The first-order valence-electron chi connectivity index (χ1n) is 9.72. The molecule has 7 nitrogen and oxygen atoms in total. The minimum absolute atomic E-state index is 0.0186. The van der Waals surface area contributed by atoms with Crippen molar-refractivity contribution in [3.05, 3.63) is 71.7 Å². The highest BCUT2D eigenvalue weighted by Crippen LogP contribution is 2.22. The lowest BCUT2D eigenvalue weighted by molar-refractivity contribution is 0.0746. The summed E-state index contributed by atoms with van der Waals surface area (Å²) in [5, 5.41) is 3.33. The predicted molar refractivity (Wildman–Crippen MR) is 114 cm³/mol. The second kappa shape index (κ2) is 8.26. The Morgan fingerprint density at radius 2 is 1.69 bits per heavy atom. The van der Waals surface area contributed by atoms with Crippen molar-refractivity contribution in [2.24, 2.45) is 0 Å². The van der Waals surface area contributed by atoms with Crippen LogP contribution in [0, 0.1) is 13.8 Å². The molecule has 2 aromatic heterocycles. The van der Waals surface area contributed by atoms with E-state index in [1.54, 1.807) is 30.7 Å². The molecule has 0 radical (unpaired) electrons. The summed E-state index contributed by atoms with van der Waals surface area (Å²) < 4.78 is 0. The number of amides is 1. The number of pyridine rings is 1. The number of piperazine rings is 1. The summed E-state index contributed by atoms with van der Waals surface area (Å²) in [4.78, 5) is 29.9. The minimum atomic E-state index is 0.0186. The minimum Gasteiger partial charge on any atom is -0.340 e. The first-order chi connectivity index (χ1) is 14.1. The summed E-state index contributed by atoms with van der Waals surface area (Å²) in [6.07, 6.45) is 5.15. The lowest BCUT2D eigenvalue weighted by atomic mass is 10.1. The molecule has 1 aromatic carbocycles. The molecule has 148 valence electrons. The van der Waals surface area contributed by atoms with E-state index in [4.69, 9.17) is 0 Å². The van der Waals surface area contributed by atoms with Gasteiger partial charge in [0.15, 0.2) is 0 Å². The molecule has 0 atom stereocenters. The highest BCUT2D eigenvalue weighted by Gasteiger charge is 2.23. The summed E-state index contributed by atoms with van der Waals surface area (Å²) in [5.41, 5.74) is 4.02. The van der Waals surface area contributed by atoms with Gasteiger partial charge in [-0.05, 0) is 49.2 Å². The lowest BCUT2D eigenvalue weighted by Crippen LogP contribution is -2.49. The van der Waals surface area contributed by atoms with E-state index in [1.807, 2.05) is 23.1 Å². The second-order valence-electron chi connectivity index (χ2n) is 7.13. The Hall–Kier alpha value is -3.48. The molecule has 0 spiro atoms. The van der Waals surface area contributed by atoms with Crippen molar-refractivity contribution < 1.29 is 4.79 Å². The monoisotopic (exact) mass is 388 g/mol. The number of carbonyl (C=O) groups is 1. The fraction of sp³-hybridized carbons (Fsp3) is 0.273. The summed E-state index contributed by atoms with van der Waals surface area (Å²) in [6, 6.07) is 11.5. The smallest absolute Gasteiger partial charge is 0.254 e. The molecule has 1 aliphatic rings. The zero-order valence-corrected chi connectivity index (χ0v) is 16.7. The van der Waals surface area contributed by atoms with Crippen molar-refractivity contribution in [1.82, 2.24) is 19.9 Å². The van der Waals surface area contributed by atoms with Gasteiger partial charge in [0.25, 0.3) is 5.91 Å². The van der Waals surface area contributed by atoms with E-state index in [1.165, 1.54) is 11.1 Å². The number of anilines is 3. The third-order valence-electron chi connectivity index (χ3n) is 5.28. The highest BCUT2D eigenvalue weighted by molar-refractivity contribution is 5.95. The SMILES string of the molecule is Cc1cccc(Nc2cc(C(=O)N3CCN(c4ncccn4)CC3)ccn2)c1C. The Labute approximate surface area is 170 Å². The standard InChI is InChI=1S/C22H24N6O/c1-16-5-3-6-19(17(16)2)26-20-15-18(7-10-23-20)21(29)27-11-13-28(14-12-27)22-24-8-4-9-25-22/h3-10,15H,11-14H2,1-2H3,(H,23,26). The Morgan fingerprint density at radius 3 is 2.45 bits per heavy atom. The van der Waals surface area contributed by atoms with Crippen LogP contribution < -0.4 is 10.2 Å². The van der Waals surface area contributed by atoms with E-state index in [2.05, 4.69) is 45.1 Å². The number of hydrogen-bond donors (Lipinski definition) is 1. The molecule has 1 saturated heterocycles. The van der Waals surface area contributed by atoms with Crippen molar-refractivity contribution in [3.8, 4) is 0 Å². The van der Waals surface area contributed by atoms with Gasteiger partial charge in [0.05, 0.1) is 0 Å². The highest BCUT2D eigenvalue weighted by atomic mass is 16.2. The van der Waals surface area contributed by atoms with Crippen LogP contribution >= 0.6 is 0 Å². The summed E-state index contributed by atoms with van der Waals surface area (Å²) in [6.45, 7) is 6.86. The normalized spacial score (nSPS) is 14.0. The van der Waals surface area contributed by atoms with Gasteiger partial charge in [0, 0.05) is 56.0 Å². The maximum Gasteiger partial charge on any atom is 0.254 e. The molecule has 29 heavy (non-hydrogen) atoms. The largest absolute Gasteiger partial charge is 0.340 e. The zero-order chi connectivity index (χ0) is 20.2. The molecule has 3 aromatic rings. The van der Waals surface area contributed by atoms with Crippen LogP contribution in [0.2, 0.25) is 0 Å². The lowest BCUT2D eigenvalue weighted by Gasteiger charge is -2.34. The topological polar surface area (TPSA) is 74.2 Å². The van der Waals surface area contributed by atoms with E-state index in [0.717, 1.165) is 5.69 Å². The molecular weight excluding hydrogens is 364 g/mol. The molecule has 3 heterocycles. The molecule has 0 aliphatic carbocycles. The van der Waals surface area contributed by atoms with Gasteiger partial charge < -0.3 is 15.1 Å². The van der Waals surface area contributed by atoms with Gasteiger partial charge >= 0.3 is 0 Å². The summed E-state index contributed by atoms with van der Waals surface area (Å²) in [7, 11) is 0. The molecule has 7 heteroatoms. The van der Waals surface area contributed by atoms with Crippen LogP contribution in [-0.2, 0) is 0 Å². The number of benzene rings is 1. The van der Waals surface area contributed by atoms with E-state index in [-0.39, 0.29) is 5.91 Å². The number of aromatic nitrogens is 3. The van der Waals surface area contributed by atoms with Crippen LogP contribution in [0.4, 0.5) is 17.5 Å². The van der Waals surface area contributed by atoms with Crippen LogP contribution in [0.25, 0.3) is 0 Å². The van der Waals surface area contributed by atoms with Gasteiger partial charge in [0.2, 0.25) is 5.95 Å². The van der Waals surface area contributed by atoms with Gasteiger partial charge in [-0.1, -0.05) is 12.1 Å². The van der Waals surface area contributed by atoms with Crippen LogP contribution in [0.15, 0.2) is 55.0 Å². The van der Waals surface area contributed by atoms with Crippen LogP contribution in [-0.4, -0.2) is 51.9 Å². The van der Waals surface area contributed by atoms with Gasteiger partial charge in [-0.25, -0.2) is 15.0 Å². The maximum atomic E-state index is 13.0. The predicted octanol–water partition coefficient (Wildman–Crippen LogP) is 3.19. The van der Waals surface area contributed by atoms with Gasteiger partial charge in [-0.15, -0.1) is 0 Å². The first-order valence-corrected chi connectivity index (χ1v) is 9.72. The van der Waals surface area contributed by atoms with Crippen molar-refractivity contribution in [3.63, 3.8) is 0 Å². The summed E-state index contributed by atoms with van der Waals surface area (Å²) in [5.74, 6) is 1.40. The molecule has 1 amide bonds. The zero-order valence-electron chi connectivity index (χ0n) is 16.7. The Kier molecular flexibility index (Phi) is 5.37. The molecule has 4 rings (SSSR count). The first kappa shape index (κ1) is 18.9. The summed E-state index contributed by atoms with van der Waals surface area (Å²) >= 11 is 0.